The smallest absolute Gasteiger partial charge is 0.478 e. The van der Waals surface area contributed by atoms with Gasteiger partial charge in [-0.3, -0.25) is 0 Å². The molecule has 0 bridgehead atoms. The van der Waals surface area contributed by atoms with Gasteiger partial charge in [0.1, 0.15) is 5.20 Å². The lowest BCUT2D eigenvalue weighted by atomic mass is 10.1. The van der Waals surface area contributed by atoms with E-state index in [0.29, 0.717) is 0 Å². The maximum atomic E-state index is 11.4. The Bertz CT molecular complexity index is 323. The van der Waals surface area contributed by atoms with Gasteiger partial charge in [0.15, 0.2) is 0 Å². The van der Waals surface area contributed by atoms with Crippen LogP contribution in [0.1, 0.15) is 26.7 Å². The van der Waals surface area contributed by atoms with Crippen molar-refractivity contribution in [3.63, 3.8) is 0 Å². The SMILES string of the molecule is CC=C(C=C(C(=O)O)[Si](OC)(OC)OC)CCC. The van der Waals surface area contributed by atoms with Crippen LogP contribution in [0.3, 0.4) is 0 Å². The van der Waals surface area contributed by atoms with E-state index in [4.69, 9.17) is 13.3 Å². The van der Waals surface area contributed by atoms with Crippen LogP contribution in [0.5, 0.6) is 0 Å². The summed E-state index contributed by atoms with van der Waals surface area (Å²) in [7, 11) is 0.885. The third-order valence-corrected chi connectivity index (χ3v) is 5.24. The Hall–Kier alpha value is -0.953. The monoisotopic (exact) mass is 274 g/mol. The molecule has 0 saturated heterocycles. The number of carbonyl (C=O) groups is 1. The Labute approximate surface area is 109 Å². The van der Waals surface area contributed by atoms with Crippen LogP contribution < -0.4 is 0 Å². The number of carboxylic acid groups (broad SMARTS) is 1. The third-order valence-electron chi connectivity index (χ3n) is 2.61. The molecule has 0 unspecified atom stereocenters. The molecule has 0 atom stereocenters. The molecule has 0 spiro atoms. The van der Waals surface area contributed by atoms with Crippen molar-refractivity contribution in [2.45, 2.75) is 26.7 Å². The van der Waals surface area contributed by atoms with Gasteiger partial charge in [-0.05, 0) is 19.4 Å². The zero-order valence-electron chi connectivity index (χ0n) is 11.6. The van der Waals surface area contributed by atoms with Crippen molar-refractivity contribution in [1.29, 1.82) is 0 Å². The van der Waals surface area contributed by atoms with Gasteiger partial charge in [0, 0.05) is 21.3 Å². The molecule has 0 aliphatic heterocycles. The molecule has 1 N–H and O–H groups in total. The summed E-state index contributed by atoms with van der Waals surface area (Å²) >= 11 is 0. The van der Waals surface area contributed by atoms with Crippen LogP contribution in [0, 0.1) is 0 Å². The number of rotatable bonds is 8. The van der Waals surface area contributed by atoms with Gasteiger partial charge in [0.05, 0.1) is 0 Å². The molecule has 0 fully saturated rings. The van der Waals surface area contributed by atoms with E-state index >= 15 is 0 Å². The van der Waals surface area contributed by atoms with Gasteiger partial charge < -0.3 is 18.4 Å². The highest BCUT2D eigenvalue weighted by molar-refractivity contribution is 6.73. The molecule has 0 saturated carbocycles. The highest BCUT2D eigenvalue weighted by Gasteiger charge is 2.47. The molecule has 0 aromatic carbocycles. The van der Waals surface area contributed by atoms with Gasteiger partial charge in [-0.15, -0.1) is 0 Å². The van der Waals surface area contributed by atoms with Crippen LogP contribution in [0.15, 0.2) is 22.9 Å². The summed E-state index contributed by atoms with van der Waals surface area (Å²) in [5.41, 5.74) is 0.929. The maximum absolute atomic E-state index is 11.4. The van der Waals surface area contributed by atoms with Gasteiger partial charge in [0.25, 0.3) is 0 Å². The van der Waals surface area contributed by atoms with E-state index in [1.54, 1.807) is 6.08 Å². The molecule has 0 heterocycles. The van der Waals surface area contributed by atoms with Gasteiger partial charge in [-0.2, -0.15) is 0 Å². The number of allylic oxidation sites excluding steroid dienone is 3. The molecular formula is C12H22O5Si. The van der Waals surface area contributed by atoms with Crippen LogP contribution in [0.25, 0.3) is 0 Å². The largest absolute Gasteiger partial charge is 0.543 e. The zero-order valence-corrected chi connectivity index (χ0v) is 12.6. The van der Waals surface area contributed by atoms with Crippen LogP contribution in [-0.2, 0) is 18.1 Å². The van der Waals surface area contributed by atoms with Crippen LogP contribution in [0.4, 0.5) is 0 Å². The summed E-state index contributed by atoms with van der Waals surface area (Å²) in [6.07, 6.45) is 5.21. The van der Waals surface area contributed by atoms with Crippen molar-refractivity contribution >= 4 is 14.8 Å². The van der Waals surface area contributed by atoms with Gasteiger partial charge >= 0.3 is 14.8 Å². The van der Waals surface area contributed by atoms with E-state index in [-0.39, 0.29) is 5.20 Å². The average Bonchev–Trinajstić information content (AvgIpc) is 2.38. The quantitative estimate of drug-likeness (QED) is 0.417. The predicted molar refractivity (Wildman–Crippen MR) is 71.2 cm³/mol. The lowest BCUT2D eigenvalue weighted by Crippen LogP contribution is -2.48. The van der Waals surface area contributed by atoms with E-state index in [1.807, 2.05) is 19.9 Å². The average molecular weight is 274 g/mol. The number of carboxylic acids is 1. The maximum Gasteiger partial charge on any atom is 0.543 e. The van der Waals surface area contributed by atoms with Crippen molar-refractivity contribution < 1.29 is 23.2 Å². The lowest BCUT2D eigenvalue weighted by molar-refractivity contribution is -0.132. The van der Waals surface area contributed by atoms with Crippen LogP contribution >= 0.6 is 0 Å². The Balaban J connectivity index is 5.55. The third kappa shape index (κ3) is 4.06. The molecule has 104 valence electrons. The van der Waals surface area contributed by atoms with E-state index < -0.39 is 14.8 Å². The van der Waals surface area contributed by atoms with Gasteiger partial charge in [-0.25, -0.2) is 4.79 Å². The molecule has 0 amide bonds. The molecule has 0 radical (unpaired) electrons. The summed E-state index contributed by atoms with van der Waals surface area (Å²) in [5.74, 6) is -1.08. The minimum atomic E-state index is -3.30. The van der Waals surface area contributed by atoms with E-state index in [1.165, 1.54) is 21.3 Å². The minimum Gasteiger partial charge on any atom is -0.478 e. The summed E-state index contributed by atoms with van der Waals surface area (Å²) in [4.78, 5) is 11.4. The molecule has 18 heavy (non-hydrogen) atoms. The minimum absolute atomic E-state index is 0.0524. The fourth-order valence-electron chi connectivity index (χ4n) is 1.63. The van der Waals surface area contributed by atoms with E-state index in [9.17, 15) is 9.90 Å². The molecule has 0 aromatic heterocycles. The fraction of sp³-hybridized carbons (Fsp3) is 0.583. The second-order valence-electron chi connectivity index (χ2n) is 3.65. The molecule has 0 aromatic rings. The molecule has 5 nitrogen and oxygen atoms in total. The lowest BCUT2D eigenvalue weighted by Gasteiger charge is -2.24. The Kier molecular flexibility index (Phi) is 7.77. The van der Waals surface area contributed by atoms with Crippen molar-refractivity contribution in [2.24, 2.45) is 0 Å². The summed E-state index contributed by atoms with van der Waals surface area (Å²) in [5, 5.41) is 9.37. The van der Waals surface area contributed by atoms with Crippen LogP contribution in [0.2, 0.25) is 0 Å². The highest BCUT2D eigenvalue weighted by atomic mass is 28.4. The second-order valence-corrected chi connectivity index (χ2v) is 6.52. The summed E-state index contributed by atoms with van der Waals surface area (Å²) in [6.45, 7) is 3.90. The topological polar surface area (TPSA) is 65.0 Å². The molecule has 0 aliphatic carbocycles. The number of hydrogen-bond donors (Lipinski definition) is 1. The summed E-state index contributed by atoms with van der Waals surface area (Å²) in [6, 6.07) is 0. The first kappa shape index (κ1) is 17.0. The van der Waals surface area contributed by atoms with E-state index in [2.05, 4.69) is 0 Å². The molecule has 0 aliphatic rings. The molecule has 6 heteroatoms. The standard InChI is InChI=1S/C12H22O5Si/c1-6-8-10(7-2)9-11(12(13)14)18(15-3,16-4)17-5/h7,9H,6,8H2,1-5H3,(H,13,14). The Morgan fingerprint density at radius 1 is 1.22 bits per heavy atom. The summed E-state index contributed by atoms with van der Waals surface area (Å²) < 4.78 is 15.6. The van der Waals surface area contributed by atoms with E-state index in [0.717, 1.165) is 18.4 Å². The van der Waals surface area contributed by atoms with Crippen molar-refractivity contribution in [3.8, 4) is 0 Å². The fourth-order valence-corrected chi connectivity index (χ4v) is 3.42. The van der Waals surface area contributed by atoms with Crippen molar-refractivity contribution in [2.75, 3.05) is 21.3 Å². The normalized spacial score (nSPS) is 13.8. The first-order chi connectivity index (χ1) is 8.51. The first-order valence-corrected chi connectivity index (χ1v) is 7.49. The Morgan fingerprint density at radius 2 is 1.72 bits per heavy atom. The van der Waals surface area contributed by atoms with Crippen LogP contribution in [-0.4, -0.2) is 41.2 Å². The molecule has 0 rings (SSSR count). The van der Waals surface area contributed by atoms with Gasteiger partial charge in [-0.1, -0.05) is 25.0 Å². The van der Waals surface area contributed by atoms with Crippen molar-refractivity contribution in [1.82, 2.24) is 0 Å². The van der Waals surface area contributed by atoms with Gasteiger partial charge in [0.2, 0.25) is 0 Å². The first-order valence-electron chi connectivity index (χ1n) is 5.77. The zero-order chi connectivity index (χ0) is 14.2. The predicted octanol–water partition coefficient (Wildman–Crippen LogP) is 2.16. The number of aliphatic carboxylic acids is 1. The number of hydrogen-bond acceptors (Lipinski definition) is 4. The van der Waals surface area contributed by atoms with Crippen molar-refractivity contribution in [3.05, 3.63) is 22.9 Å². The molecular weight excluding hydrogens is 252 g/mol. The second kappa shape index (κ2) is 8.20. The highest BCUT2D eigenvalue weighted by Crippen LogP contribution is 2.21. The Morgan fingerprint density at radius 3 is 2.00 bits per heavy atom.